The van der Waals surface area contributed by atoms with Crippen molar-refractivity contribution < 1.29 is 9.53 Å². The number of ether oxygens (including phenoxy) is 1. The molecule has 0 fully saturated rings. The van der Waals surface area contributed by atoms with Crippen LogP contribution < -0.4 is 9.64 Å². The molecule has 1 aromatic heterocycles. The molecule has 1 atom stereocenters. The van der Waals surface area contributed by atoms with E-state index in [4.69, 9.17) is 9.72 Å². The number of para-hydroxylation sites is 2. The van der Waals surface area contributed by atoms with Crippen LogP contribution in [-0.4, -0.2) is 17.5 Å². The third kappa shape index (κ3) is 4.75. The summed E-state index contributed by atoms with van der Waals surface area (Å²) in [4.78, 5) is 21.4. The maximum atomic E-state index is 14.6. The minimum atomic E-state index is -0.452. The molecule has 0 spiro atoms. The number of carbonyl (C=O) groups is 1. The number of carbonyl (C=O) groups excluding carboxylic acids is 1. The molecule has 1 aliphatic rings. The van der Waals surface area contributed by atoms with Gasteiger partial charge in [0.05, 0.1) is 28.2 Å². The summed E-state index contributed by atoms with van der Waals surface area (Å²) in [5.74, 6) is 0.871. The van der Waals surface area contributed by atoms with Crippen molar-refractivity contribution in [2.75, 3.05) is 11.5 Å². The molecule has 37 heavy (non-hydrogen) atoms. The molecule has 5 aromatic rings. The van der Waals surface area contributed by atoms with Crippen LogP contribution in [0.2, 0.25) is 0 Å². The normalized spacial score (nSPS) is 13.5. The molecule has 1 amide bonds. The lowest BCUT2D eigenvalue weighted by molar-refractivity contribution is -0.117. The molecule has 0 bridgehead atoms. The van der Waals surface area contributed by atoms with Gasteiger partial charge in [0.1, 0.15) is 11.0 Å². The third-order valence-corrected chi connectivity index (χ3v) is 8.90. The number of benzene rings is 4. The van der Waals surface area contributed by atoms with Gasteiger partial charge in [0.2, 0.25) is 5.91 Å². The van der Waals surface area contributed by atoms with E-state index in [1.54, 1.807) is 11.3 Å². The maximum absolute atomic E-state index is 14.6. The Morgan fingerprint density at radius 2 is 1.57 bits per heavy atom. The number of thiazole rings is 1. The number of aromatic nitrogens is 1. The van der Waals surface area contributed by atoms with Crippen molar-refractivity contribution in [2.45, 2.75) is 29.4 Å². The number of aryl methyl sites for hydroxylation is 2. The quantitative estimate of drug-likeness (QED) is 0.212. The van der Waals surface area contributed by atoms with Crippen molar-refractivity contribution in [3.63, 3.8) is 0 Å². The Labute approximate surface area is 224 Å². The average molecular weight is 523 g/mol. The highest BCUT2D eigenvalue weighted by Crippen LogP contribution is 2.45. The second kappa shape index (κ2) is 10.4. The van der Waals surface area contributed by atoms with Crippen molar-refractivity contribution in [3.8, 4) is 5.75 Å². The third-order valence-electron chi connectivity index (χ3n) is 6.55. The van der Waals surface area contributed by atoms with Gasteiger partial charge in [-0.2, -0.15) is 0 Å². The highest BCUT2D eigenvalue weighted by atomic mass is 32.2. The van der Waals surface area contributed by atoms with E-state index >= 15 is 0 Å². The summed E-state index contributed by atoms with van der Waals surface area (Å²) < 4.78 is 7.60. The van der Waals surface area contributed by atoms with E-state index in [2.05, 4.69) is 36.4 Å². The minimum Gasteiger partial charge on any atom is -0.494 e. The Bertz CT molecular complexity index is 1520. The number of nitrogens with zero attached hydrogens (tertiary/aromatic N) is 2. The number of amides is 1. The van der Waals surface area contributed by atoms with E-state index in [0.29, 0.717) is 6.61 Å². The lowest BCUT2D eigenvalue weighted by atomic mass is 10.0. The van der Waals surface area contributed by atoms with Crippen LogP contribution in [-0.2, 0) is 17.6 Å². The molecule has 6 heteroatoms. The fourth-order valence-corrected chi connectivity index (χ4v) is 7.14. The molecular formula is C31H26N2O2S2. The van der Waals surface area contributed by atoms with Crippen molar-refractivity contribution in [3.05, 3.63) is 114 Å². The van der Waals surface area contributed by atoms with E-state index in [-0.39, 0.29) is 5.91 Å². The Hall–Kier alpha value is -3.61. The first kappa shape index (κ1) is 23.8. The monoisotopic (exact) mass is 522 g/mol. The second-order valence-corrected chi connectivity index (χ2v) is 11.3. The molecule has 0 radical (unpaired) electrons. The molecule has 2 heterocycles. The number of anilines is 2. The van der Waals surface area contributed by atoms with Crippen molar-refractivity contribution >= 4 is 50.6 Å². The van der Waals surface area contributed by atoms with Crippen LogP contribution in [0.15, 0.2) is 101 Å². The van der Waals surface area contributed by atoms with Gasteiger partial charge in [0.15, 0.2) is 4.34 Å². The molecule has 184 valence electrons. The zero-order valence-corrected chi connectivity index (χ0v) is 22.1. The minimum absolute atomic E-state index is 0.0345. The van der Waals surface area contributed by atoms with Crippen molar-refractivity contribution in [1.82, 2.24) is 4.98 Å². The van der Waals surface area contributed by atoms with Gasteiger partial charge in [-0.05, 0) is 66.8 Å². The summed E-state index contributed by atoms with van der Waals surface area (Å²) in [5.41, 5.74) is 6.18. The molecule has 0 N–H and O–H groups in total. The predicted octanol–water partition coefficient (Wildman–Crippen LogP) is 7.99. The first-order valence-electron chi connectivity index (χ1n) is 12.5. The zero-order valence-electron chi connectivity index (χ0n) is 20.5. The molecule has 0 aliphatic carbocycles. The molecule has 1 unspecified atom stereocenters. The van der Waals surface area contributed by atoms with E-state index in [0.717, 1.165) is 50.1 Å². The van der Waals surface area contributed by atoms with Gasteiger partial charge in [-0.1, -0.05) is 78.5 Å². The maximum Gasteiger partial charge on any atom is 0.249 e. The second-order valence-electron chi connectivity index (χ2n) is 8.88. The van der Waals surface area contributed by atoms with E-state index in [1.807, 2.05) is 72.5 Å². The summed E-state index contributed by atoms with van der Waals surface area (Å²) in [7, 11) is 0. The molecule has 6 rings (SSSR count). The molecule has 0 saturated heterocycles. The Balaban J connectivity index is 1.44. The molecule has 4 nitrogen and oxygen atoms in total. The Morgan fingerprint density at radius 1 is 0.919 bits per heavy atom. The van der Waals surface area contributed by atoms with E-state index in [1.165, 1.54) is 22.9 Å². The summed E-state index contributed by atoms with van der Waals surface area (Å²) in [6.45, 7) is 2.60. The van der Waals surface area contributed by atoms with Gasteiger partial charge in [-0.25, -0.2) is 4.98 Å². The Morgan fingerprint density at radius 3 is 2.24 bits per heavy atom. The highest BCUT2D eigenvalue weighted by Gasteiger charge is 2.33. The molecule has 0 saturated carbocycles. The highest BCUT2D eigenvalue weighted by molar-refractivity contribution is 8.02. The first-order valence-corrected chi connectivity index (χ1v) is 14.2. The van der Waals surface area contributed by atoms with Gasteiger partial charge in [-0.3, -0.25) is 9.69 Å². The van der Waals surface area contributed by atoms with Crippen LogP contribution in [0.5, 0.6) is 5.75 Å². The van der Waals surface area contributed by atoms with Crippen molar-refractivity contribution in [2.24, 2.45) is 0 Å². The van der Waals surface area contributed by atoms with Gasteiger partial charge >= 0.3 is 0 Å². The SMILES string of the molecule is CCOc1ccc2nc(SC(C(=O)N3c4ccccc4CCc4ccccc43)c3ccccc3)sc2c1. The van der Waals surface area contributed by atoms with Crippen LogP contribution in [0.1, 0.15) is 28.9 Å². The first-order chi connectivity index (χ1) is 18.2. The number of rotatable bonds is 6. The Kier molecular flexibility index (Phi) is 6.68. The van der Waals surface area contributed by atoms with Crippen molar-refractivity contribution in [1.29, 1.82) is 0 Å². The van der Waals surface area contributed by atoms with Gasteiger partial charge < -0.3 is 4.74 Å². The lowest BCUT2D eigenvalue weighted by Gasteiger charge is -2.28. The van der Waals surface area contributed by atoms with Gasteiger partial charge in [0, 0.05) is 0 Å². The standard InChI is InChI=1S/C31H26N2O2S2/c1-2-35-24-18-19-25-28(20-24)36-31(32-25)37-29(23-12-4-3-5-13-23)30(34)33-26-14-8-6-10-21(26)16-17-22-11-7-9-15-27(22)33/h3-15,18-20,29H,2,16-17H2,1H3. The molecule has 4 aromatic carbocycles. The van der Waals surface area contributed by atoms with Crippen LogP contribution in [0, 0.1) is 0 Å². The zero-order chi connectivity index (χ0) is 25.2. The van der Waals surface area contributed by atoms with Gasteiger partial charge in [-0.15, -0.1) is 11.3 Å². The summed E-state index contributed by atoms with van der Waals surface area (Å²) >= 11 is 3.12. The molecular weight excluding hydrogens is 496 g/mol. The average Bonchev–Trinajstić information content (AvgIpc) is 3.26. The van der Waals surface area contributed by atoms with Crippen LogP contribution >= 0.6 is 23.1 Å². The topological polar surface area (TPSA) is 42.4 Å². The molecule has 1 aliphatic heterocycles. The van der Waals surface area contributed by atoms with Gasteiger partial charge in [0.25, 0.3) is 0 Å². The number of thioether (sulfide) groups is 1. The lowest BCUT2D eigenvalue weighted by Crippen LogP contribution is -2.31. The largest absolute Gasteiger partial charge is 0.494 e. The number of hydrogen-bond acceptors (Lipinski definition) is 5. The summed E-state index contributed by atoms with van der Waals surface area (Å²) in [6, 6.07) is 32.5. The summed E-state index contributed by atoms with van der Waals surface area (Å²) in [6.07, 6.45) is 1.81. The van der Waals surface area contributed by atoms with Crippen LogP contribution in [0.4, 0.5) is 11.4 Å². The van der Waals surface area contributed by atoms with Crippen LogP contribution in [0.25, 0.3) is 10.2 Å². The summed E-state index contributed by atoms with van der Waals surface area (Å²) in [5, 5.41) is -0.452. The number of hydrogen-bond donors (Lipinski definition) is 0. The van der Waals surface area contributed by atoms with Crippen LogP contribution in [0.3, 0.4) is 0 Å². The van der Waals surface area contributed by atoms with E-state index < -0.39 is 5.25 Å². The fourth-order valence-electron chi connectivity index (χ4n) is 4.81. The van der Waals surface area contributed by atoms with E-state index in [9.17, 15) is 4.79 Å². The smallest absolute Gasteiger partial charge is 0.249 e. The number of fused-ring (bicyclic) bond motifs is 3. The predicted molar refractivity (Wildman–Crippen MR) is 153 cm³/mol. The fraction of sp³-hybridized carbons (Fsp3) is 0.161.